The molecule has 2 aromatic heterocycles. The molecule has 0 bridgehead atoms. The van der Waals surface area contributed by atoms with Gasteiger partial charge in [0.1, 0.15) is 34.4 Å². The number of para-hydroxylation sites is 1. The van der Waals surface area contributed by atoms with Crippen LogP contribution in [0.3, 0.4) is 0 Å². The third-order valence-corrected chi connectivity index (χ3v) is 10.0. The molecule has 6 rings (SSSR count). The van der Waals surface area contributed by atoms with Gasteiger partial charge >= 0.3 is 11.9 Å². The second-order valence-electron chi connectivity index (χ2n) is 15.0. The summed E-state index contributed by atoms with van der Waals surface area (Å²) >= 11 is 0. The van der Waals surface area contributed by atoms with Crippen molar-refractivity contribution in [3.8, 4) is 11.5 Å². The fraction of sp³-hybridized carbons (Fsp3) is 0.381. The number of rotatable bonds is 16. The number of likely N-dealkylation sites (tertiary alicyclic amines) is 2. The van der Waals surface area contributed by atoms with E-state index in [9.17, 15) is 19.2 Å². The lowest BCUT2D eigenvalue weighted by Crippen LogP contribution is -2.39. The first-order chi connectivity index (χ1) is 29.9. The van der Waals surface area contributed by atoms with E-state index in [1.54, 1.807) is 62.5 Å². The summed E-state index contributed by atoms with van der Waals surface area (Å²) in [5.74, 6) is -0.530. The van der Waals surface area contributed by atoms with Gasteiger partial charge in [0.2, 0.25) is 11.8 Å². The standard InChI is InChI=1S/C42H52N14O6/c1-26(43)42(60)50-36-17-14-31(41(45)49-36)53-54-32-21-27(12-15-34(32)62-38(58)24-55-18-6-3-7-19-55)28-9-8-20-56(23-28)25-39(59)61-33-11-5-4-10-29(33)51-52-30-13-16-35(48-40(30)44)47-37(57)22-46-2/h4-5,10-17,21,26,28,46H,3,6-9,18-20,22-25,43H2,1-2H3,(H3,44,47,48,57)(H3,45,49,50,60)/t26-,28?/m0/s1. The molecule has 2 amide bonds. The Hall–Kier alpha value is -6.74. The van der Waals surface area contributed by atoms with Crippen LogP contribution in [-0.4, -0.2) is 102 Å². The number of hydrogen-bond acceptors (Lipinski definition) is 18. The number of anilines is 4. The monoisotopic (exact) mass is 848 g/mol. The van der Waals surface area contributed by atoms with Gasteiger partial charge in [0.25, 0.3) is 0 Å². The minimum absolute atomic E-state index is 0.00587. The SMILES string of the molecule is CNCC(=O)Nc1ccc(N=Nc2ccccc2OC(=O)CN2CCCC(c3ccc(OC(=O)CN4CCCCC4)c(N=Nc4ccc(NC(=O)[C@H](C)N)nc4N)c3)C2)c(N)n1. The average molecular weight is 849 g/mol. The van der Waals surface area contributed by atoms with E-state index in [4.69, 9.17) is 26.7 Å². The number of amides is 2. The molecule has 2 fully saturated rings. The van der Waals surface area contributed by atoms with E-state index in [1.165, 1.54) is 6.07 Å². The van der Waals surface area contributed by atoms with Crippen molar-refractivity contribution in [2.24, 2.45) is 26.2 Å². The van der Waals surface area contributed by atoms with Crippen molar-refractivity contribution in [1.82, 2.24) is 25.1 Å². The number of piperidine rings is 2. The summed E-state index contributed by atoms with van der Waals surface area (Å²) in [6.45, 7) is 4.74. The lowest BCUT2D eigenvalue weighted by Gasteiger charge is -2.32. The van der Waals surface area contributed by atoms with Crippen molar-refractivity contribution in [3.63, 3.8) is 0 Å². The zero-order valence-electron chi connectivity index (χ0n) is 34.8. The number of nitrogen functional groups attached to an aromatic ring is 2. The number of likely N-dealkylation sites (N-methyl/N-ethyl adjacent to an activating group) is 1. The first-order valence-corrected chi connectivity index (χ1v) is 20.4. The molecule has 2 aliphatic rings. The largest absolute Gasteiger partial charge is 0.423 e. The molecule has 2 aromatic carbocycles. The Morgan fingerprint density at radius 2 is 1.31 bits per heavy atom. The molecule has 2 aliphatic heterocycles. The van der Waals surface area contributed by atoms with Crippen molar-refractivity contribution in [1.29, 1.82) is 0 Å². The number of carbonyl (C=O) groups excluding carboxylic acids is 4. The average Bonchev–Trinajstić information content (AvgIpc) is 3.24. The van der Waals surface area contributed by atoms with E-state index in [1.807, 2.05) is 17.0 Å². The summed E-state index contributed by atoms with van der Waals surface area (Å²) in [6.07, 6.45) is 4.86. The molecule has 0 radical (unpaired) electrons. The number of benzene rings is 2. The summed E-state index contributed by atoms with van der Waals surface area (Å²) in [7, 11) is 1.66. The zero-order valence-corrected chi connectivity index (χ0v) is 34.8. The normalized spacial score (nSPS) is 16.5. The van der Waals surface area contributed by atoms with Gasteiger partial charge in [-0.15, -0.1) is 20.5 Å². The molecule has 4 heterocycles. The van der Waals surface area contributed by atoms with Crippen molar-refractivity contribution in [3.05, 3.63) is 72.3 Å². The molecular formula is C42H52N14O6. The summed E-state index contributed by atoms with van der Waals surface area (Å²) < 4.78 is 11.6. The predicted molar refractivity (Wildman–Crippen MR) is 233 cm³/mol. The molecule has 1 unspecified atom stereocenters. The molecule has 9 N–H and O–H groups in total. The number of nitrogens with zero attached hydrogens (tertiary/aromatic N) is 8. The van der Waals surface area contributed by atoms with Crippen molar-refractivity contribution < 1.29 is 28.7 Å². The Bertz CT molecular complexity index is 2300. The Morgan fingerprint density at radius 1 is 0.726 bits per heavy atom. The van der Waals surface area contributed by atoms with Crippen LogP contribution < -0.4 is 42.6 Å². The number of aromatic nitrogens is 2. The second kappa shape index (κ2) is 21.7. The van der Waals surface area contributed by atoms with Crippen LogP contribution in [0.5, 0.6) is 11.5 Å². The van der Waals surface area contributed by atoms with Crippen LogP contribution in [0.1, 0.15) is 50.5 Å². The van der Waals surface area contributed by atoms with Gasteiger partial charge in [-0.25, -0.2) is 9.97 Å². The Kier molecular flexibility index (Phi) is 15.7. The summed E-state index contributed by atoms with van der Waals surface area (Å²) in [5.41, 5.74) is 20.0. The molecule has 4 aromatic rings. The quantitative estimate of drug-likeness (QED) is 0.0487. The molecular weight excluding hydrogens is 797 g/mol. The highest BCUT2D eigenvalue weighted by Gasteiger charge is 2.26. The van der Waals surface area contributed by atoms with Crippen molar-refractivity contribution >= 4 is 69.8 Å². The van der Waals surface area contributed by atoms with E-state index < -0.39 is 23.9 Å². The van der Waals surface area contributed by atoms with Gasteiger partial charge in [0.15, 0.2) is 23.1 Å². The zero-order chi connectivity index (χ0) is 44.0. The van der Waals surface area contributed by atoms with Crippen LogP contribution in [-0.2, 0) is 19.2 Å². The van der Waals surface area contributed by atoms with Gasteiger partial charge in [0.05, 0.1) is 25.7 Å². The van der Waals surface area contributed by atoms with Crippen LogP contribution in [0, 0.1) is 0 Å². The topological polar surface area (TPSA) is 283 Å². The molecule has 62 heavy (non-hydrogen) atoms. The van der Waals surface area contributed by atoms with Crippen LogP contribution in [0.25, 0.3) is 0 Å². The van der Waals surface area contributed by atoms with Crippen LogP contribution >= 0.6 is 0 Å². The smallest absolute Gasteiger partial charge is 0.325 e. The van der Waals surface area contributed by atoms with Gasteiger partial charge in [-0.2, -0.15) is 0 Å². The maximum atomic E-state index is 13.3. The Morgan fingerprint density at radius 3 is 1.95 bits per heavy atom. The number of ether oxygens (including phenoxy) is 2. The van der Waals surface area contributed by atoms with E-state index in [2.05, 4.69) is 51.3 Å². The summed E-state index contributed by atoms with van der Waals surface area (Å²) in [5, 5.41) is 25.3. The highest BCUT2D eigenvalue weighted by molar-refractivity contribution is 5.94. The maximum absolute atomic E-state index is 13.3. The molecule has 0 spiro atoms. The van der Waals surface area contributed by atoms with Crippen molar-refractivity contribution in [2.45, 2.75) is 51.0 Å². The minimum Gasteiger partial charge on any atom is -0.423 e. The van der Waals surface area contributed by atoms with E-state index in [0.717, 1.165) is 50.8 Å². The summed E-state index contributed by atoms with van der Waals surface area (Å²) in [6, 6.07) is 17.7. The number of azo groups is 2. The number of pyridine rings is 2. The van der Waals surface area contributed by atoms with Gasteiger partial charge < -0.3 is 42.6 Å². The minimum atomic E-state index is -0.736. The maximum Gasteiger partial charge on any atom is 0.325 e. The molecule has 20 heteroatoms. The van der Waals surface area contributed by atoms with Crippen LogP contribution in [0.15, 0.2) is 87.2 Å². The predicted octanol–water partition coefficient (Wildman–Crippen LogP) is 5.09. The number of nitrogens with two attached hydrogens (primary N) is 3. The molecule has 0 saturated carbocycles. The van der Waals surface area contributed by atoms with E-state index >= 15 is 0 Å². The first kappa shape index (κ1) is 44.8. The Balaban J connectivity index is 1.13. The third kappa shape index (κ3) is 12.9. The van der Waals surface area contributed by atoms with Crippen LogP contribution in [0.4, 0.5) is 46.0 Å². The third-order valence-electron chi connectivity index (χ3n) is 10.0. The summed E-state index contributed by atoms with van der Waals surface area (Å²) in [4.78, 5) is 62.9. The van der Waals surface area contributed by atoms with E-state index in [-0.39, 0.29) is 77.6 Å². The Labute approximate surface area is 358 Å². The van der Waals surface area contributed by atoms with Gasteiger partial charge in [-0.05, 0) is 119 Å². The lowest BCUT2D eigenvalue weighted by molar-refractivity contribution is -0.136. The van der Waals surface area contributed by atoms with Gasteiger partial charge in [0, 0.05) is 6.54 Å². The van der Waals surface area contributed by atoms with E-state index in [0.29, 0.717) is 24.5 Å². The van der Waals surface area contributed by atoms with Crippen molar-refractivity contribution in [2.75, 3.05) is 75.0 Å². The molecule has 2 atom stereocenters. The number of hydrogen-bond donors (Lipinski definition) is 6. The number of carbonyl (C=O) groups is 4. The molecule has 0 aliphatic carbocycles. The highest BCUT2D eigenvalue weighted by atomic mass is 16.5. The fourth-order valence-electron chi connectivity index (χ4n) is 6.89. The molecule has 20 nitrogen and oxygen atoms in total. The highest BCUT2D eigenvalue weighted by Crippen LogP contribution is 2.37. The molecule has 326 valence electrons. The van der Waals surface area contributed by atoms with Gasteiger partial charge in [-0.1, -0.05) is 24.6 Å². The first-order valence-electron chi connectivity index (χ1n) is 20.4. The molecule has 2 saturated heterocycles. The van der Waals surface area contributed by atoms with Gasteiger partial charge in [-0.3, -0.25) is 29.0 Å². The second-order valence-corrected chi connectivity index (χ2v) is 15.0. The fourth-order valence-corrected chi connectivity index (χ4v) is 6.89. The lowest BCUT2D eigenvalue weighted by atomic mass is 9.90. The number of esters is 2. The number of nitrogens with one attached hydrogen (secondary N) is 3. The van der Waals surface area contributed by atoms with Crippen LogP contribution in [0.2, 0.25) is 0 Å².